The molecule has 0 radical (unpaired) electrons. The molecule has 0 amide bonds. The Morgan fingerprint density at radius 2 is 1.44 bits per heavy atom. The summed E-state index contributed by atoms with van der Waals surface area (Å²) >= 11 is 0. The van der Waals surface area contributed by atoms with E-state index in [0.717, 1.165) is 18.3 Å². The molecule has 0 atom stereocenters. The van der Waals surface area contributed by atoms with Crippen LogP contribution in [0.2, 0.25) is 0 Å². The van der Waals surface area contributed by atoms with Crippen molar-refractivity contribution < 1.29 is 4.39 Å². The van der Waals surface area contributed by atoms with Crippen LogP contribution in [0.3, 0.4) is 0 Å². The second-order valence-electron chi connectivity index (χ2n) is 9.75. The predicted molar refractivity (Wildman–Crippen MR) is 135 cm³/mol. The van der Waals surface area contributed by atoms with Crippen LogP contribution in [0.25, 0.3) is 0 Å². The molecule has 0 heterocycles. The number of allylic oxidation sites excluding steroid dienone is 4. The zero-order valence-corrected chi connectivity index (χ0v) is 20.3. The van der Waals surface area contributed by atoms with Crippen molar-refractivity contribution in [2.24, 2.45) is 11.8 Å². The highest BCUT2D eigenvalue weighted by Gasteiger charge is 2.20. The van der Waals surface area contributed by atoms with E-state index in [2.05, 4.69) is 31.2 Å². The Balaban J connectivity index is 1.51. The molecule has 1 aliphatic carbocycles. The van der Waals surface area contributed by atoms with Gasteiger partial charge in [-0.2, -0.15) is 9.65 Å². The molecule has 1 aromatic rings. The van der Waals surface area contributed by atoms with E-state index in [-0.39, 0.29) is 0 Å². The number of rotatable bonds is 15. The molecule has 1 aromatic carbocycles. The molecule has 32 heavy (non-hydrogen) atoms. The van der Waals surface area contributed by atoms with Gasteiger partial charge in [-0.1, -0.05) is 108 Å². The smallest absolute Gasteiger partial charge is 0.195 e. The van der Waals surface area contributed by atoms with Crippen molar-refractivity contribution in [1.82, 2.24) is 0 Å². The third kappa shape index (κ3) is 11.7. The van der Waals surface area contributed by atoms with Gasteiger partial charge in [-0.25, -0.2) is 0 Å². The van der Waals surface area contributed by atoms with Gasteiger partial charge in [-0.3, -0.25) is 0 Å². The molecule has 0 aromatic heterocycles. The SMILES string of the molecule is CCCCCCCc1ccc(CCCC[C@H]2CC[C@H](CC/C=C/C=C(\F)C#N)CC2)cc1. The molecule has 1 fully saturated rings. The molecule has 1 saturated carbocycles. The van der Waals surface area contributed by atoms with Gasteiger partial charge in [0.2, 0.25) is 0 Å². The monoisotopic (exact) mass is 437 g/mol. The van der Waals surface area contributed by atoms with Crippen molar-refractivity contribution in [3.8, 4) is 6.07 Å². The molecular weight excluding hydrogens is 393 g/mol. The van der Waals surface area contributed by atoms with Crippen molar-refractivity contribution in [3.63, 3.8) is 0 Å². The molecule has 0 N–H and O–H groups in total. The van der Waals surface area contributed by atoms with E-state index in [9.17, 15) is 4.39 Å². The quantitative estimate of drug-likeness (QED) is 0.152. The van der Waals surface area contributed by atoms with Crippen molar-refractivity contribution in [2.45, 2.75) is 110 Å². The number of benzene rings is 1. The van der Waals surface area contributed by atoms with Crippen LogP contribution in [0, 0.1) is 23.2 Å². The van der Waals surface area contributed by atoms with E-state index in [4.69, 9.17) is 5.26 Å². The molecule has 0 bridgehead atoms. The summed E-state index contributed by atoms with van der Waals surface area (Å²) in [6.07, 6.45) is 25.9. The van der Waals surface area contributed by atoms with Gasteiger partial charge >= 0.3 is 0 Å². The lowest BCUT2D eigenvalue weighted by atomic mass is 9.78. The van der Waals surface area contributed by atoms with Crippen LogP contribution >= 0.6 is 0 Å². The van der Waals surface area contributed by atoms with Crippen LogP contribution in [0.1, 0.15) is 108 Å². The van der Waals surface area contributed by atoms with E-state index < -0.39 is 5.83 Å². The van der Waals surface area contributed by atoms with Crippen LogP contribution in [-0.4, -0.2) is 0 Å². The average molecular weight is 438 g/mol. The van der Waals surface area contributed by atoms with Gasteiger partial charge < -0.3 is 0 Å². The van der Waals surface area contributed by atoms with Crippen LogP contribution in [0.5, 0.6) is 0 Å². The summed E-state index contributed by atoms with van der Waals surface area (Å²) in [4.78, 5) is 0. The van der Waals surface area contributed by atoms with Crippen molar-refractivity contribution in [1.29, 1.82) is 5.26 Å². The Bertz CT molecular complexity index is 701. The molecule has 2 heteroatoms. The minimum Gasteiger partial charge on any atom is -0.195 e. The highest BCUT2D eigenvalue weighted by molar-refractivity contribution is 5.22. The number of aryl methyl sites for hydroxylation is 2. The van der Waals surface area contributed by atoms with Gasteiger partial charge in [0.1, 0.15) is 6.07 Å². The Kier molecular flexibility index (Phi) is 13.8. The van der Waals surface area contributed by atoms with E-state index >= 15 is 0 Å². The summed E-state index contributed by atoms with van der Waals surface area (Å²) in [5.41, 5.74) is 3.00. The predicted octanol–water partition coefficient (Wildman–Crippen LogP) is 9.43. The molecule has 2 rings (SSSR count). The van der Waals surface area contributed by atoms with Crippen LogP contribution in [0.4, 0.5) is 4.39 Å². The first kappa shape index (κ1) is 26.4. The number of nitriles is 1. The van der Waals surface area contributed by atoms with Crippen molar-refractivity contribution in [2.75, 3.05) is 0 Å². The van der Waals surface area contributed by atoms with Gasteiger partial charge in [-0.05, 0) is 67.6 Å². The Labute approximate surface area is 196 Å². The zero-order chi connectivity index (χ0) is 22.9. The maximum atomic E-state index is 12.7. The number of unbranched alkanes of at least 4 members (excludes halogenated alkanes) is 5. The highest BCUT2D eigenvalue weighted by atomic mass is 19.1. The third-order valence-corrected chi connectivity index (χ3v) is 7.11. The number of halogens is 1. The van der Waals surface area contributed by atoms with Crippen LogP contribution < -0.4 is 0 Å². The summed E-state index contributed by atoms with van der Waals surface area (Å²) in [6, 6.07) is 10.9. The first-order chi connectivity index (χ1) is 15.7. The molecule has 0 saturated heterocycles. The van der Waals surface area contributed by atoms with Crippen LogP contribution in [0.15, 0.2) is 48.3 Å². The topological polar surface area (TPSA) is 23.8 Å². The minimum atomic E-state index is -0.716. The lowest BCUT2D eigenvalue weighted by Gasteiger charge is -2.28. The van der Waals surface area contributed by atoms with E-state index in [1.165, 1.54) is 120 Å². The minimum absolute atomic E-state index is 0.716. The second kappa shape index (κ2) is 16.7. The normalized spacial score (nSPS) is 19.3. The summed E-state index contributed by atoms with van der Waals surface area (Å²) in [5, 5.41) is 8.38. The Morgan fingerprint density at radius 3 is 2.03 bits per heavy atom. The van der Waals surface area contributed by atoms with Gasteiger partial charge in [0.05, 0.1) is 0 Å². The summed E-state index contributed by atoms with van der Waals surface area (Å²) in [5.74, 6) is 1.03. The largest absolute Gasteiger partial charge is 0.199 e. The van der Waals surface area contributed by atoms with E-state index in [0.29, 0.717) is 0 Å². The summed E-state index contributed by atoms with van der Waals surface area (Å²) in [6.45, 7) is 2.27. The fourth-order valence-electron chi connectivity index (χ4n) is 4.99. The molecular formula is C30H44FN. The lowest BCUT2D eigenvalue weighted by Crippen LogP contribution is -2.14. The van der Waals surface area contributed by atoms with Crippen LogP contribution in [-0.2, 0) is 12.8 Å². The molecule has 0 aliphatic heterocycles. The first-order valence-electron chi connectivity index (χ1n) is 13.2. The van der Waals surface area contributed by atoms with Gasteiger partial charge in [0.25, 0.3) is 0 Å². The standard InChI is InChI=1S/C30H44FN/c1-2-3-4-5-7-12-26-17-21-28(22-18-26)14-10-11-15-29-23-19-27(20-24-29)13-8-6-9-16-30(31)25-32/h6,9,16-18,21-22,27,29H,2-5,7-8,10-15,19-20,23-24H2,1H3/b9-6+,30-16-/t27-,29-. The molecule has 176 valence electrons. The average Bonchev–Trinajstić information content (AvgIpc) is 2.83. The Hall–Kier alpha value is -1.88. The lowest BCUT2D eigenvalue weighted by molar-refractivity contribution is 0.250. The number of nitrogens with zero attached hydrogens (tertiary/aromatic N) is 1. The van der Waals surface area contributed by atoms with Crippen molar-refractivity contribution in [3.05, 3.63) is 59.4 Å². The van der Waals surface area contributed by atoms with Gasteiger partial charge in [0, 0.05) is 0 Å². The van der Waals surface area contributed by atoms with E-state index in [1.807, 2.05) is 6.08 Å². The van der Waals surface area contributed by atoms with Gasteiger partial charge in [-0.15, -0.1) is 0 Å². The van der Waals surface area contributed by atoms with Crippen molar-refractivity contribution >= 4 is 0 Å². The number of hydrogen-bond donors (Lipinski definition) is 0. The fourth-order valence-corrected chi connectivity index (χ4v) is 4.99. The molecule has 0 spiro atoms. The second-order valence-corrected chi connectivity index (χ2v) is 9.75. The third-order valence-electron chi connectivity index (χ3n) is 7.11. The molecule has 1 nitrogen and oxygen atoms in total. The summed E-state index contributed by atoms with van der Waals surface area (Å²) in [7, 11) is 0. The zero-order valence-electron chi connectivity index (χ0n) is 20.3. The van der Waals surface area contributed by atoms with Gasteiger partial charge in [0.15, 0.2) is 5.83 Å². The van der Waals surface area contributed by atoms with E-state index in [1.54, 1.807) is 6.08 Å². The first-order valence-corrected chi connectivity index (χ1v) is 13.2. The molecule has 0 unspecified atom stereocenters. The Morgan fingerprint density at radius 1 is 0.875 bits per heavy atom. The summed E-state index contributed by atoms with van der Waals surface area (Å²) < 4.78 is 12.7. The fraction of sp³-hybridized carbons (Fsp3) is 0.633. The highest BCUT2D eigenvalue weighted by Crippen LogP contribution is 2.34. The number of hydrogen-bond acceptors (Lipinski definition) is 1. The maximum Gasteiger partial charge on any atom is 0.199 e. The molecule has 1 aliphatic rings. The maximum absolute atomic E-state index is 12.7.